The van der Waals surface area contributed by atoms with Crippen molar-refractivity contribution in [3.63, 3.8) is 0 Å². The second-order valence-electron chi connectivity index (χ2n) is 9.58. The summed E-state index contributed by atoms with van der Waals surface area (Å²) in [5.41, 5.74) is 2.97. The van der Waals surface area contributed by atoms with E-state index in [1.165, 1.54) is 12.4 Å². The molecule has 190 valence electrons. The third-order valence-corrected chi connectivity index (χ3v) is 7.40. The predicted octanol–water partition coefficient (Wildman–Crippen LogP) is 4.48. The minimum absolute atomic E-state index is 0.0101. The van der Waals surface area contributed by atoms with Gasteiger partial charge in [-0.25, -0.2) is 18.7 Å². The molecule has 10 heteroatoms. The zero-order valence-corrected chi connectivity index (χ0v) is 20.5. The van der Waals surface area contributed by atoms with Gasteiger partial charge in [-0.15, -0.1) is 0 Å². The molecule has 8 nitrogen and oxygen atoms in total. The molecule has 0 aliphatic carbocycles. The number of piperidine rings is 1. The standard InChI is InChI=1S/C26H30F2N6O2/c1-14(17-10-20(23(27)28)18-4-7-29-22(18)11-17)32-24-21-12-19(16-5-8-34(9-6-16)15(2)35)26(36)33(3)25(21)31-13-30-24/h4,7,10-14,16,23,26,29,36H,5-6,8-9H2,1-3H3,(H,30,31,32)/t14-,26?/m1/s1. The van der Waals surface area contributed by atoms with E-state index in [1.807, 2.05) is 24.0 Å². The second kappa shape index (κ2) is 9.50. The van der Waals surface area contributed by atoms with Gasteiger partial charge in [0.25, 0.3) is 6.43 Å². The van der Waals surface area contributed by atoms with Gasteiger partial charge in [-0.2, -0.15) is 0 Å². The highest BCUT2D eigenvalue weighted by Gasteiger charge is 2.34. The first kappa shape index (κ1) is 24.2. The van der Waals surface area contributed by atoms with E-state index in [4.69, 9.17) is 0 Å². The predicted molar refractivity (Wildman–Crippen MR) is 135 cm³/mol. The topological polar surface area (TPSA) is 97.4 Å². The monoisotopic (exact) mass is 496 g/mol. The number of anilines is 2. The van der Waals surface area contributed by atoms with E-state index in [0.717, 1.165) is 24.0 Å². The lowest BCUT2D eigenvalue weighted by Crippen LogP contribution is -2.43. The van der Waals surface area contributed by atoms with E-state index < -0.39 is 12.7 Å². The van der Waals surface area contributed by atoms with Crippen LogP contribution in [-0.4, -0.2) is 57.2 Å². The molecule has 0 spiro atoms. The van der Waals surface area contributed by atoms with Crippen molar-refractivity contribution in [3.8, 4) is 0 Å². The van der Waals surface area contributed by atoms with Crippen molar-refractivity contribution in [1.82, 2.24) is 19.9 Å². The Kier molecular flexibility index (Phi) is 6.38. The zero-order chi connectivity index (χ0) is 25.6. The Bertz CT molecular complexity index is 1320. The first-order chi connectivity index (χ1) is 17.2. The van der Waals surface area contributed by atoms with Gasteiger partial charge in [0, 0.05) is 49.7 Å². The molecule has 0 radical (unpaired) electrons. The Morgan fingerprint density at radius 1 is 1.25 bits per heavy atom. The van der Waals surface area contributed by atoms with Crippen LogP contribution in [0, 0.1) is 5.92 Å². The van der Waals surface area contributed by atoms with Gasteiger partial charge in [0.2, 0.25) is 5.91 Å². The zero-order valence-electron chi connectivity index (χ0n) is 20.5. The molecule has 2 atom stereocenters. The van der Waals surface area contributed by atoms with Crippen molar-refractivity contribution in [2.24, 2.45) is 5.92 Å². The van der Waals surface area contributed by atoms with E-state index >= 15 is 0 Å². The molecule has 0 saturated carbocycles. The maximum absolute atomic E-state index is 13.7. The summed E-state index contributed by atoms with van der Waals surface area (Å²) in [6.07, 6.45) is 3.17. The summed E-state index contributed by atoms with van der Waals surface area (Å²) >= 11 is 0. The number of carbonyl (C=O) groups excluding carboxylic acids is 1. The number of aliphatic hydroxyl groups is 1. The number of carbonyl (C=O) groups is 1. The molecule has 1 saturated heterocycles. The Morgan fingerprint density at radius 2 is 2.00 bits per heavy atom. The van der Waals surface area contributed by atoms with Crippen molar-refractivity contribution in [2.75, 3.05) is 30.4 Å². The van der Waals surface area contributed by atoms with Crippen molar-refractivity contribution in [2.45, 2.75) is 45.4 Å². The Balaban J connectivity index is 1.46. The number of alkyl halides is 2. The van der Waals surface area contributed by atoms with Gasteiger partial charge in [-0.1, -0.05) is 0 Å². The van der Waals surface area contributed by atoms with Gasteiger partial charge in [0.15, 0.2) is 6.23 Å². The summed E-state index contributed by atoms with van der Waals surface area (Å²) in [5, 5.41) is 14.9. The van der Waals surface area contributed by atoms with Crippen LogP contribution >= 0.6 is 0 Å². The van der Waals surface area contributed by atoms with Crippen LogP contribution in [0.4, 0.5) is 20.4 Å². The summed E-state index contributed by atoms with van der Waals surface area (Å²) in [7, 11) is 1.79. The lowest BCUT2D eigenvalue weighted by molar-refractivity contribution is -0.130. The van der Waals surface area contributed by atoms with Crippen LogP contribution in [-0.2, 0) is 4.79 Å². The van der Waals surface area contributed by atoms with Gasteiger partial charge >= 0.3 is 0 Å². The molecule has 3 aromatic rings. The number of benzene rings is 1. The van der Waals surface area contributed by atoms with Crippen molar-refractivity contribution in [1.29, 1.82) is 0 Å². The Hall–Kier alpha value is -3.53. The molecule has 1 fully saturated rings. The van der Waals surface area contributed by atoms with E-state index in [0.29, 0.717) is 41.2 Å². The first-order valence-corrected chi connectivity index (χ1v) is 12.1. The Labute approximate surface area is 208 Å². The fourth-order valence-electron chi connectivity index (χ4n) is 5.29. The third kappa shape index (κ3) is 4.30. The van der Waals surface area contributed by atoms with Gasteiger partial charge in [-0.05, 0) is 61.1 Å². The average Bonchev–Trinajstić information content (AvgIpc) is 3.34. The number of hydrogen-bond acceptors (Lipinski definition) is 6. The number of aromatic nitrogens is 3. The smallest absolute Gasteiger partial charge is 0.264 e. The Morgan fingerprint density at radius 3 is 2.69 bits per heavy atom. The maximum Gasteiger partial charge on any atom is 0.264 e. The van der Waals surface area contributed by atoms with Crippen LogP contribution in [0.3, 0.4) is 0 Å². The molecule has 5 rings (SSSR count). The average molecular weight is 497 g/mol. The van der Waals surface area contributed by atoms with Crippen LogP contribution < -0.4 is 10.2 Å². The number of halogens is 2. The maximum atomic E-state index is 13.7. The highest BCUT2D eigenvalue weighted by molar-refractivity contribution is 5.84. The molecule has 2 aliphatic heterocycles. The summed E-state index contributed by atoms with van der Waals surface area (Å²) in [4.78, 5) is 27.2. The van der Waals surface area contributed by atoms with Gasteiger partial charge < -0.3 is 25.2 Å². The largest absolute Gasteiger partial charge is 0.370 e. The van der Waals surface area contributed by atoms with E-state index in [-0.39, 0.29) is 23.4 Å². The summed E-state index contributed by atoms with van der Waals surface area (Å²) in [6.45, 7) is 4.79. The molecule has 36 heavy (non-hydrogen) atoms. The van der Waals surface area contributed by atoms with Crippen molar-refractivity contribution < 1.29 is 18.7 Å². The number of likely N-dealkylation sites (tertiary alicyclic amines) is 1. The van der Waals surface area contributed by atoms with Crippen molar-refractivity contribution in [3.05, 3.63) is 53.0 Å². The number of aliphatic hydroxyl groups excluding tert-OH is 1. The number of aromatic amines is 1. The minimum Gasteiger partial charge on any atom is -0.370 e. The van der Waals surface area contributed by atoms with Gasteiger partial charge in [0.1, 0.15) is 18.0 Å². The molecule has 2 aliphatic rings. The van der Waals surface area contributed by atoms with Crippen LogP contribution in [0.1, 0.15) is 55.8 Å². The highest BCUT2D eigenvalue weighted by Crippen LogP contribution is 2.39. The minimum atomic E-state index is -2.59. The number of nitrogens with zero attached hydrogens (tertiary/aromatic N) is 4. The lowest BCUT2D eigenvalue weighted by atomic mass is 9.85. The number of rotatable bonds is 5. The number of amides is 1. The molecule has 1 amide bonds. The molecular formula is C26H30F2N6O2. The van der Waals surface area contributed by atoms with E-state index in [2.05, 4.69) is 20.3 Å². The van der Waals surface area contributed by atoms with Gasteiger partial charge in [-0.3, -0.25) is 4.79 Å². The van der Waals surface area contributed by atoms with E-state index in [1.54, 1.807) is 31.1 Å². The van der Waals surface area contributed by atoms with Crippen molar-refractivity contribution >= 4 is 34.5 Å². The number of likely N-dealkylation sites (N-methyl/N-ethyl adjacent to an activating group) is 1. The highest BCUT2D eigenvalue weighted by atomic mass is 19.3. The number of nitrogens with one attached hydrogen (secondary N) is 2. The van der Waals surface area contributed by atoms with Crippen LogP contribution in [0.5, 0.6) is 0 Å². The van der Waals surface area contributed by atoms with E-state index in [9.17, 15) is 18.7 Å². The number of fused-ring (bicyclic) bond motifs is 2. The third-order valence-electron chi connectivity index (χ3n) is 7.40. The summed E-state index contributed by atoms with van der Waals surface area (Å²) in [6, 6.07) is 4.74. The molecule has 2 aromatic heterocycles. The molecule has 3 N–H and O–H groups in total. The second-order valence-corrected chi connectivity index (χ2v) is 9.58. The number of hydrogen-bond donors (Lipinski definition) is 3. The first-order valence-electron chi connectivity index (χ1n) is 12.1. The van der Waals surface area contributed by atoms with Gasteiger partial charge in [0.05, 0.1) is 11.6 Å². The van der Waals surface area contributed by atoms with Crippen LogP contribution in [0.25, 0.3) is 17.0 Å². The fourth-order valence-corrected chi connectivity index (χ4v) is 5.29. The quantitative estimate of drug-likeness (QED) is 0.482. The van der Waals surface area contributed by atoms with Crippen LogP contribution in [0.15, 0.2) is 36.3 Å². The molecule has 0 bridgehead atoms. The fraction of sp³-hybridized carbons (Fsp3) is 0.423. The number of H-pyrrole nitrogens is 1. The SMILES string of the molecule is CC(=O)N1CCC(C2=Cc3c(N[C@H](C)c4cc(C(F)F)c5cc[nH]c5c4)ncnc3N(C)C2O)CC1. The normalized spacial score (nSPS) is 19.4. The summed E-state index contributed by atoms with van der Waals surface area (Å²) in [5.74, 6) is 1.34. The molecule has 1 aromatic carbocycles. The lowest BCUT2D eigenvalue weighted by Gasteiger charge is -2.39. The van der Waals surface area contributed by atoms with Crippen LogP contribution in [0.2, 0.25) is 0 Å². The molecule has 4 heterocycles. The summed E-state index contributed by atoms with van der Waals surface area (Å²) < 4.78 is 27.4. The molecule has 1 unspecified atom stereocenters. The molecular weight excluding hydrogens is 466 g/mol.